The minimum absolute atomic E-state index is 0.125. The van der Waals surface area contributed by atoms with Crippen molar-refractivity contribution in [3.63, 3.8) is 0 Å². The first kappa shape index (κ1) is 20.8. The lowest BCUT2D eigenvalue weighted by molar-refractivity contribution is -0.137. The molecule has 2 N–H and O–H groups in total. The molecule has 31 heavy (non-hydrogen) atoms. The van der Waals surface area contributed by atoms with E-state index in [1.54, 1.807) is 47.2 Å². The highest BCUT2D eigenvalue weighted by atomic mass is 35.5. The number of rotatable bonds is 6. The Morgan fingerprint density at radius 3 is 2.45 bits per heavy atom. The number of halogens is 2. The van der Waals surface area contributed by atoms with Gasteiger partial charge in [-0.3, -0.25) is 9.59 Å². The number of aromatic nitrogens is 1. The van der Waals surface area contributed by atoms with Gasteiger partial charge >= 0.3 is 5.97 Å². The molecule has 156 valence electrons. The average molecular weight is 455 g/mol. The molecule has 1 heterocycles. The van der Waals surface area contributed by atoms with Crippen LogP contribution in [0.5, 0.6) is 11.5 Å². The summed E-state index contributed by atoms with van der Waals surface area (Å²) >= 11 is 11.9. The van der Waals surface area contributed by atoms with Gasteiger partial charge < -0.3 is 19.7 Å². The number of carboxylic acid groups (broad SMARTS) is 1. The predicted molar refractivity (Wildman–Crippen MR) is 121 cm³/mol. The molecule has 0 saturated carbocycles. The van der Waals surface area contributed by atoms with E-state index in [1.165, 1.54) is 6.07 Å². The summed E-state index contributed by atoms with van der Waals surface area (Å²) < 4.78 is 7.62. The minimum Gasteiger partial charge on any atom is -0.480 e. The van der Waals surface area contributed by atoms with Crippen molar-refractivity contribution < 1.29 is 19.4 Å². The minimum atomic E-state index is -0.915. The van der Waals surface area contributed by atoms with E-state index in [4.69, 9.17) is 33.0 Å². The highest BCUT2D eigenvalue weighted by Crippen LogP contribution is 2.31. The van der Waals surface area contributed by atoms with Crippen LogP contribution in [-0.4, -0.2) is 21.6 Å². The zero-order valence-electron chi connectivity index (χ0n) is 16.0. The first-order chi connectivity index (χ1) is 14.9. The Morgan fingerprint density at radius 2 is 1.74 bits per heavy atom. The van der Waals surface area contributed by atoms with Crippen LogP contribution < -0.4 is 10.1 Å². The molecule has 0 saturated heterocycles. The third kappa shape index (κ3) is 4.66. The number of carbonyl (C=O) groups is 2. The smallest absolute Gasteiger partial charge is 0.323 e. The molecule has 0 bridgehead atoms. The van der Waals surface area contributed by atoms with Crippen molar-refractivity contribution in [1.82, 2.24) is 4.57 Å². The number of carbonyl (C=O) groups excluding carboxylic acids is 1. The van der Waals surface area contributed by atoms with Crippen molar-refractivity contribution in [2.75, 3.05) is 5.32 Å². The molecule has 0 aliphatic carbocycles. The second kappa shape index (κ2) is 8.71. The van der Waals surface area contributed by atoms with Gasteiger partial charge in [-0.2, -0.15) is 0 Å². The molecule has 8 heteroatoms. The van der Waals surface area contributed by atoms with E-state index in [2.05, 4.69) is 5.32 Å². The number of hydrogen-bond acceptors (Lipinski definition) is 3. The number of carboxylic acids is 1. The van der Waals surface area contributed by atoms with E-state index in [-0.39, 0.29) is 12.5 Å². The fraction of sp³-hybridized carbons (Fsp3) is 0.0435. The van der Waals surface area contributed by atoms with E-state index in [0.717, 1.165) is 10.9 Å². The number of aliphatic carboxylic acids is 1. The molecule has 3 aromatic carbocycles. The molecule has 0 atom stereocenters. The lowest BCUT2D eigenvalue weighted by Gasteiger charge is -2.10. The van der Waals surface area contributed by atoms with Crippen molar-refractivity contribution in [3.8, 4) is 11.5 Å². The van der Waals surface area contributed by atoms with Gasteiger partial charge in [0.1, 0.15) is 18.0 Å². The van der Waals surface area contributed by atoms with Crippen LogP contribution >= 0.6 is 23.2 Å². The van der Waals surface area contributed by atoms with Gasteiger partial charge in [0.05, 0.1) is 15.6 Å². The third-order valence-corrected chi connectivity index (χ3v) is 5.34. The maximum atomic E-state index is 12.4. The van der Waals surface area contributed by atoms with Gasteiger partial charge in [-0.25, -0.2) is 0 Å². The molecule has 6 nitrogen and oxygen atoms in total. The Morgan fingerprint density at radius 1 is 0.968 bits per heavy atom. The van der Waals surface area contributed by atoms with Gasteiger partial charge in [-0.05, 0) is 60.7 Å². The van der Waals surface area contributed by atoms with Crippen LogP contribution in [0.4, 0.5) is 5.69 Å². The fourth-order valence-corrected chi connectivity index (χ4v) is 3.44. The number of fused-ring (bicyclic) bond motifs is 1. The molecule has 4 aromatic rings. The monoisotopic (exact) mass is 454 g/mol. The lowest BCUT2D eigenvalue weighted by atomic mass is 10.2. The number of ether oxygens (including phenoxy) is 1. The second-order valence-corrected chi connectivity index (χ2v) is 7.55. The zero-order valence-corrected chi connectivity index (χ0v) is 17.5. The summed E-state index contributed by atoms with van der Waals surface area (Å²) in [6, 6.07) is 18.9. The Bertz CT molecular complexity index is 1280. The molecule has 0 radical (unpaired) electrons. The number of nitrogens with one attached hydrogen (secondary N) is 1. The number of hydrogen-bond donors (Lipinski definition) is 2. The topological polar surface area (TPSA) is 80.6 Å². The van der Waals surface area contributed by atoms with Crippen molar-refractivity contribution in [2.45, 2.75) is 6.54 Å². The summed E-state index contributed by atoms with van der Waals surface area (Å²) in [6.07, 6.45) is 1.72. The molecule has 0 fully saturated rings. The third-order valence-electron chi connectivity index (χ3n) is 4.60. The number of amides is 1. The standard InChI is InChI=1S/C23H16Cl2N2O4/c24-18-9-4-14(12-19(18)25)23(30)26-15-5-7-16(8-6-15)31-21-3-1-2-20-17(21)10-11-27(20)13-22(28)29/h1-12H,13H2,(H,26,30)(H,28,29). The summed E-state index contributed by atoms with van der Waals surface area (Å²) in [5.41, 5.74) is 1.76. The fourth-order valence-electron chi connectivity index (χ4n) is 3.14. The summed E-state index contributed by atoms with van der Waals surface area (Å²) in [7, 11) is 0. The summed E-state index contributed by atoms with van der Waals surface area (Å²) in [4.78, 5) is 23.4. The van der Waals surface area contributed by atoms with Gasteiger partial charge in [0, 0.05) is 22.8 Å². The van der Waals surface area contributed by atoms with Crippen molar-refractivity contribution >= 4 is 51.7 Å². The second-order valence-electron chi connectivity index (χ2n) is 6.74. The van der Waals surface area contributed by atoms with Crippen molar-refractivity contribution in [1.29, 1.82) is 0 Å². The first-order valence-corrected chi connectivity index (χ1v) is 10.0. The lowest BCUT2D eigenvalue weighted by Crippen LogP contribution is -2.11. The van der Waals surface area contributed by atoms with E-state index in [0.29, 0.717) is 32.8 Å². The Labute approximate surface area is 187 Å². The van der Waals surface area contributed by atoms with Gasteiger partial charge in [0.25, 0.3) is 5.91 Å². The molecule has 0 aliphatic heterocycles. The Hall–Kier alpha value is -3.48. The predicted octanol–water partition coefficient (Wildman–Crippen LogP) is 6.08. The van der Waals surface area contributed by atoms with Crippen LogP contribution in [0.15, 0.2) is 72.9 Å². The molecule has 0 unspecified atom stereocenters. The maximum Gasteiger partial charge on any atom is 0.323 e. The first-order valence-electron chi connectivity index (χ1n) is 9.25. The number of anilines is 1. The van der Waals surface area contributed by atoms with E-state index in [9.17, 15) is 9.59 Å². The SMILES string of the molecule is O=C(O)Cn1ccc2c(Oc3ccc(NC(=O)c4ccc(Cl)c(Cl)c4)cc3)cccc21. The van der Waals surface area contributed by atoms with Gasteiger partial charge in [-0.1, -0.05) is 29.3 Å². The van der Waals surface area contributed by atoms with Gasteiger partial charge in [0.15, 0.2) is 0 Å². The normalized spacial score (nSPS) is 10.8. The maximum absolute atomic E-state index is 12.4. The van der Waals surface area contributed by atoms with Gasteiger partial charge in [0.2, 0.25) is 0 Å². The average Bonchev–Trinajstić information content (AvgIpc) is 3.14. The highest BCUT2D eigenvalue weighted by Gasteiger charge is 2.11. The van der Waals surface area contributed by atoms with Crippen LogP contribution in [0.3, 0.4) is 0 Å². The van der Waals surface area contributed by atoms with Gasteiger partial charge in [-0.15, -0.1) is 0 Å². The molecule has 4 rings (SSSR count). The number of nitrogens with zero attached hydrogens (tertiary/aromatic N) is 1. The van der Waals surface area contributed by atoms with Crippen molar-refractivity contribution in [3.05, 3.63) is 88.5 Å². The van der Waals surface area contributed by atoms with E-state index < -0.39 is 5.97 Å². The molecule has 1 amide bonds. The van der Waals surface area contributed by atoms with E-state index >= 15 is 0 Å². The molecule has 1 aromatic heterocycles. The van der Waals surface area contributed by atoms with E-state index in [1.807, 2.05) is 24.3 Å². The molecule has 0 aliphatic rings. The van der Waals surface area contributed by atoms with Crippen LogP contribution in [0.2, 0.25) is 10.0 Å². The Kier molecular flexibility index (Phi) is 5.84. The summed E-state index contributed by atoms with van der Waals surface area (Å²) in [5, 5.41) is 13.3. The largest absolute Gasteiger partial charge is 0.480 e. The summed E-state index contributed by atoms with van der Waals surface area (Å²) in [5.74, 6) is -0.0423. The van der Waals surface area contributed by atoms with Crippen LogP contribution in [0.25, 0.3) is 10.9 Å². The molecular formula is C23H16Cl2N2O4. The van der Waals surface area contributed by atoms with Crippen LogP contribution in [-0.2, 0) is 11.3 Å². The number of benzene rings is 3. The quantitative estimate of drug-likeness (QED) is 0.370. The molecular weight excluding hydrogens is 439 g/mol. The van der Waals surface area contributed by atoms with Crippen LogP contribution in [0.1, 0.15) is 10.4 Å². The van der Waals surface area contributed by atoms with Crippen LogP contribution in [0, 0.1) is 0 Å². The highest BCUT2D eigenvalue weighted by molar-refractivity contribution is 6.42. The van der Waals surface area contributed by atoms with Crippen molar-refractivity contribution in [2.24, 2.45) is 0 Å². The zero-order chi connectivity index (χ0) is 22.0. The molecule has 0 spiro atoms. The Balaban J connectivity index is 1.49. The summed E-state index contributed by atoms with van der Waals surface area (Å²) in [6.45, 7) is -0.125.